The maximum absolute atomic E-state index is 14.5. The lowest BCUT2D eigenvalue weighted by Crippen LogP contribution is -2.25. The second-order valence-electron chi connectivity index (χ2n) is 6.48. The van der Waals surface area contributed by atoms with Gasteiger partial charge in [0.2, 0.25) is 0 Å². The molecule has 2 aromatic heterocycles. The van der Waals surface area contributed by atoms with Gasteiger partial charge in [-0.2, -0.15) is 0 Å². The van der Waals surface area contributed by atoms with E-state index >= 15 is 0 Å². The smallest absolute Gasteiger partial charge is 0.130 e. The van der Waals surface area contributed by atoms with Crippen LogP contribution in [0.25, 0.3) is 10.4 Å². The van der Waals surface area contributed by atoms with Crippen LogP contribution in [0.1, 0.15) is 22.3 Å². The number of nitrogens with zero attached hydrogens (tertiary/aromatic N) is 2. The largest absolute Gasteiger partial charge is 0.336 e. The second kappa shape index (κ2) is 8.27. The third kappa shape index (κ3) is 3.87. The van der Waals surface area contributed by atoms with E-state index in [4.69, 9.17) is 11.6 Å². The SMILES string of the molecule is Cn1ccnc1[C@H](NCc1ccc(-c2ccccc2Cl)s1)c1ccccc1F. The van der Waals surface area contributed by atoms with E-state index in [2.05, 4.69) is 22.4 Å². The van der Waals surface area contributed by atoms with Crippen molar-refractivity contribution in [3.8, 4) is 10.4 Å². The molecule has 2 aromatic carbocycles. The van der Waals surface area contributed by atoms with Crippen molar-refractivity contribution in [2.45, 2.75) is 12.6 Å². The Labute approximate surface area is 172 Å². The van der Waals surface area contributed by atoms with Crippen molar-refractivity contribution < 1.29 is 4.39 Å². The van der Waals surface area contributed by atoms with Crippen molar-refractivity contribution in [2.75, 3.05) is 0 Å². The van der Waals surface area contributed by atoms with Crippen LogP contribution >= 0.6 is 22.9 Å². The third-order valence-electron chi connectivity index (χ3n) is 4.61. The van der Waals surface area contributed by atoms with Gasteiger partial charge in [-0.3, -0.25) is 5.32 Å². The average Bonchev–Trinajstić information content (AvgIpc) is 3.33. The maximum Gasteiger partial charge on any atom is 0.130 e. The molecule has 1 atom stereocenters. The van der Waals surface area contributed by atoms with Crippen LogP contribution in [0.15, 0.2) is 73.1 Å². The van der Waals surface area contributed by atoms with Crippen molar-refractivity contribution in [2.24, 2.45) is 7.05 Å². The number of benzene rings is 2. The van der Waals surface area contributed by atoms with E-state index in [1.54, 1.807) is 29.7 Å². The fourth-order valence-corrected chi connectivity index (χ4v) is 4.48. The van der Waals surface area contributed by atoms with Gasteiger partial charge in [0.05, 0.1) is 6.04 Å². The van der Waals surface area contributed by atoms with E-state index < -0.39 is 0 Å². The minimum absolute atomic E-state index is 0.245. The van der Waals surface area contributed by atoms with Gasteiger partial charge in [-0.05, 0) is 24.3 Å². The summed E-state index contributed by atoms with van der Waals surface area (Å²) in [6.07, 6.45) is 3.59. The molecule has 0 radical (unpaired) electrons. The third-order valence-corrected chi connectivity index (χ3v) is 6.06. The van der Waals surface area contributed by atoms with Gasteiger partial charge in [0.25, 0.3) is 0 Å². The minimum atomic E-state index is -0.341. The van der Waals surface area contributed by atoms with Gasteiger partial charge in [0.15, 0.2) is 0 Å². The number of aryl methyl sites for hydroxylation is 1. The topological polar surface area (TPSA) is 29.9 Å². The molecule has 0 saturated carbocycles. The summed E-state index contributed by atoms with van der Waals surface area (Å²) < 4.78 is 16.4. The zero-order valence-corrected chi connectivity index (χ0v) is 16.8. The summed E-state index contributed by atoms with van der Waals surface area (Å²) in [5.74, 6) is 0.527. The van der Waals surface area contributed by atoms with Gasteiger partial charge >= 0.3 is 0 Å². The number of aromatic nitrogens is 2. The van der Waals surface area contributed by atoms with Crippen molar-refractivity contribution in [3.05, 3.63) is 100 Å². The van der Waals surface area contributed by atoms with E-state index in [-0.39, 0.29) is 11.9 Å². The Morgan fingerprint density at radius 1 is 1.11 bits per heavy atom. The molecule has 2 heterocycles. The number of halogens is 2. The molecule has 0 aliphatic carbocycles. The summed E-state index contributed by atoms with van der Waals surface area (Å²) in [4.78, 5) is 6.69. The maximum atomic E-state index is 14.5. The Kier molecular flexibility index (Phi) is 5.57. The molecule has 142 valence electrons. The number of hydrogen-bond donors (Lipinski definition) is 1. The van der Waals surface area contributed by atoms with E-state index in [1.165, 1.54) is 6.07 Å². The van der Waals surface area contributed by atoms with Gasteiger partial charge in [-0.1, -0.05) is 48.0 Å². The normalized spacial score (nSPS) is 12.2. The van der Waals surface area contributed by atoms with Crippen LogP contribution in [0.3, 0.4) is 0 Å². The average molecular weight is 412 g/mol. The molecule has 0 amide bonds. The predicted octanol–water partition coefficient (Wildman–Crippen LogP) is 5.82. The first kappa shape index (κ1) is 18.9. The molecule has 0 bridgehead atoms. The minimum Gasteiger partial charge on any atom is -0.336 e. The van der Waals surface area contributed by atoms with Gasteiger partial charge in [0.1, 0.15) is 11.6 Å². The van der Waals surface area contributed by atoms with E-state index in [1.807, 2.05) is 48.1 Å². The van der Waals surface area contributed by atoms with Crippen molar-refractivity contribution >= 4 is 22.9 Å². The first-order chi connectivity index (χ1) is 13.6. The highest BCUT2D eigenvalue weighted by atomic mass is 35.5. The van der Waals surface area contributed by atoms with Crippen LogP contribution in [-0.4, -0.2) is 9.55 Å². The Morgan fingerprint density at radius 3 is 2.64 bits per heavy atom. The standard InChI is InChI=1S/C22H19ClFN3S/c1-27-13-12-25-22(27)21(17-7-3-5-9-19(17)24)26-14-15-10-11-20(28-15)16-6-2-4-8-18(16)23/h2-13,21,26H,14H2,1H3/t21-/m1/s1. The van der Waals surface area contributed by atoms with Gasteiger partial charge in [-0.25, -0.2) is 9.37 Å². The van der Waals surface area contributed by atoms with E-state index in [0.29, 0.717) is 12.1 Å². The van der Waals surface area contributed by atoms with E-state index in [9.17, 15) is 4.39 Å². The lowest BCUT2D eigenvalue weighted by atomic mass is 10.1. The summed E-state index contributed by atoms with van der Waals surface area (Å²) in [5, 5.41) is 4.21. The zero-order chi connectivity index (χ0) is 19.5. The molecule has 0 aliphatic heterocycles. The van der Waals surface area contributed by atoms with Crippen LogP contribution in [0.5, 0.6) is 0 Å². The number of nitrogens with one attached hydrogen (secondary N) is 1. The first-order valence-corrected chi connectivity index (χ1v) is 10.1. The number of imidazole rings is 1. The van der Waals surface area contributed by atoms with Crippen LogP contribution in [-0.2, 0) is 13.6 Å². The molecule has 28 heavy (non-hydrogen) atoms. The Bertz CT molecular complexity index is 1090. The Hall–Kier alpha value is -2.47. The Balaban J connectivity index is 1.58. The molecule has 3 nitrogen and oxygen atoms in total. The van der Waals surface area contributed by atoms with E-state index in [0.717, 1.165) is 26.2 Å². The van der Waals surface area contributed by atoms with Gasteiger partial charge < -0.3 is 4.57 Å². The molecular formula is C22H19ClFN3S. The Morgan fingerprint density at radius 2 is 1.89 bits per heavy atom. The molecule has 6 heteroatoms. The van der Waals surface area contributed by atoms with Crippen LogP contribution in [0.4, 0.5) is 4.39 Å². The first-order valence-electron chi connectivity index (χ1n) is 8.92. The molecule has 4 aromatic rings. The molecule has 0 spiro atoms. The number of rotatable bonds is 6. The molecule has 0 aliphatic rings. The van der Waals surface area contributed by atoms with Crippen molar-refractivity contribution in [3.63, 3.8) is 0 Å². The van der Waals surface area contributed by atoms with Gasteiger partial charge in [-0.15, -0.1) is 11.3 Å². The summed E-state index contributed by atoms with van der Waals surface area (Å²) >= 11 is 7.99. The summed E-state index contributed by atoms with van der Waals surface area (Å²) in [5.41, 5.74) is 1.61. The molecule has 1 N–H and O–H groups in total. The second-order valence-corrected chi connectivity index (χ2v) is 8.05. The van der Waals surface area contributed by atoms with Crippen LogP contribution < -0.4 is 5.32 Å². The lowest BCUT2D eigenvalue weighted by molar-refractivity contribution is 0.522. The molecule has 0 unspecified atom stereocenters. The predicted molar refractivity (Wildman–Crippen MR) is 113 cm³/mol. The van der Waals surface area contributed by atoms with Gasteiger partial charge in [0, 0.05) is 51.9 Å². The summed E-state index contributed by atoms with van der Waals surface area (Å²) in [7, 11) is 1.92. The fraction of sp³-hybridized carbons (Fsp3) is 0.136. The highest BCUT2D eigenvalue weighted by molar-refractivity contribution is 7.15. The monoisotopic (exact) mass is 411 g/mol. The lowest BCUT2D eigenvalue weighted by Gasteiger charge is -2.19. The molecular weight excluding hydrogens is 393 g/mol. The molecule has 4 rings (SSSR count). The summed E-state index contributed by atoms with van der Waals surface area (Å²) in [6, 6.07) is 18.4. The quantitative estimate of drug-likeness (QED) is 0.433. The molecule has 0 fully saturated rings. The van der Waals surface area contributed by atoms with Crippen molar-refractivity contribution in [1.82, 2.24) is 14.9 Å². The highest BCUT2D eigenvalue weighted by Gasteiger charge is 2.21. The number of hydrogen-bond acceptors (Lipinski definition) is 3. The summed E-state index contributed by atoms with van der Waals surface area (Å²) in [6.45, 7) is 0.598. The fourth-order valence-electron chi connectivity index (χ4n) is 3.19. The van der Waals surface area contributed by atoms with Crippen LogP contribution in [0.2, 0.25) is 5.02 Å². The zero-order valence-electron chi connectivity index (χ0n) is 15.3. The van der Waals surface area contributed by atoms with Crippen molar-refractivity contribution in [1.29, 1.82) is 0 Å². The van der Waals surface area contributed by atoms with Crippen LogP contribution in [0, 0.1) is 5.82 Å². The highest BCUT2D eigenvalue weighted by Crippen LogP contribution is 2.33. The molecule has 0 saturated heterocycles. The number of thiophene rings is 1.